The van der Waals surface area contributed by atoms with Gasteiger partial charge in [0.05, 0.1) is 18.5 Å². The number of carbonyl (C=O) groups is 1. The molecule has 2 heterocycles. The lowest BCUT2D eigenvalue weighted by Crippen LogP contribution is -2.24. The number of amides is 1. The van der Waals surface area contributed by atoms with Crippen molar-refractivity contribution in [2.75, 3.05) is 0 Å². The molecule has 0 saturated heterocycles. The zero-order chi connectivity index (χ0) is 21.3. The highest BCUT2D eigenvalue weighted by Gasteiger charge is 2.15. The maximum Gasteiger partial charge on any atom is 0.420 e. The summed E-state index contributed by atoms with van der Waals surface area (Å²) < 4.78 is 12.1. The molecule has 0 saturated carbocycles. The molecule has 4 aromatic rings. The lowest BCUT2D eigenvalue weighted by molar-refractivity contribution is -0.120. The van der Waals surface area contributed by atoms with E-state index in [0.717, 1.165) is 5.56 Å². The molecule has 0 radical (unpaired) electrons. The molecule has 1 amide bonds. The zero-order valence-electron chi connectivity index (χ0n) is 16.4. The Kier molecular flexibility index (Phi) is 5.41. The molecule has 9 heteroatoms. The molecule has 154 valence electrons. The molecule has 4 rings (SSSR count). The van der Waals surface area contributed by atoms with Crippen LogP contribution in [0.25, 0.3) is 22.5 Å². The number of fused-ring (bicyclic) bond motifs is 1. The molecule has 30 heavy (non-hydrogen) atoms. The molecule has 0 aliphatic carbocycles. The predicted octanol–water partition coefficient (Wildman–Crippen LogP) is 3.74. The van der Waals surface area contributed by atoms with Crippen molar-refractivity contribution in [3.05, 3.63) is 69.5 Å². The summed E-state index contributed by atoms with van der Waals surface area (Å²) in [5.74, 6) is 0.0409. The lowest BCUT2D eigenvalue weighted by Gasteiger charge is -2.04. The number of rotatable bonds is 6. The summed E-state index contributed by atoms with van der Waals surface area (Å²) in [5.41, 5.74) is 2.66. The van der Waals surface area contributed by atoms with E-state index in [1.807, 2.05) is 13.8 Å². The molecule has 2 aromatic heterocycles. The van der Waals surface area contributed by atoms with Crippen LogP contribution in [0.5, 0.6) is 0 Å². The van der Waals surface area contributed by atoms with Crippen molar-refractivity contribution < 1.29 is 13.7 Å². The Morgan fingerprint density at radius 1 is 1.20 bits per heavy atom. The minimum Gasteiger partial charge on any atom is -0.408 e. The molecule has 0 bridgehead atoms. The van der Waals surface area contributed by atoms with Gasteiger partial charge in [-0.15, -0.1) is 0 Å². The molecular weight excluding hydrogens is 408 g/mol. The van der Waals surface area contributed by atoms with Crippen molar-refractivity contribution in [3.63, 3.8) is 0 Å². The molecule has 0 unspecified atom stereocenters. The highest BCUT2D eigenvalue weighted by Crippen LogP contribution is 2.23. The summed E-state index contributed by atoms with van der Waals surface area (Å²) in [6, 6.07) is 12.3. The maximum atomic E-state index is 12.1. The van der Waals surface area contributed by atoms with Crippen molar-refractivity contribution in [3.8, 4) is 11.4 Å². The number of halogens is 1. The Labute approximate surface area is 176 Å². The number of aromatic nitrogens is 3. The first-order valence-corrected chi connectivity index (χ1v) is 9.77. The smallest absolute Gasteiger partial charge is 0.408 e. The fourth-order valence-corrected chi connectivity index (χ4v) is 3.26. The first kappa shape index (κ1) is 19.9. The quantitative estimate of drug-likeness (QED) is 0.503. The summed E-state index contributed by atoms with van der Waals surface area (Å²) in [6.45, 7) is 3.94. The lowest BCUT2D eigenvalue weighted by atomic mass is 10.1. The van der Waals surface area contributed by atoms with Crippen molar-refractivity contribution >= 4 is 28.6 Å². The van der Waals surface area contributed by atoms with Gasteiger partial charge < -0.3 is 14.3 Å². The Morgan fingerprint density at radius 2 is 1.97 bits per heavy atom. The zero-order valence-corrected chi connectivity index (χ0v) is 17.1. The van der Waals surface area contributed by atoms with Crippen LogP contribution in [0.1, 0.15) is 31.3 Å². The van der Waals surface area contributed by atoms with Gasteiger partial charge in [0.15, 0.2) is 5.58 Å². The van der Waals surface area contributed by atoms with Gasteiger partial charge in [-0.2, -0.15) is 4.98 Å². The van der Waals surface area contributed by atoms with Crippen molar-refractivity contribution in [2.24, 2.45) is 0 Å². The van der Waals surface area contributed by atoms with Crippen LogP contribution in [0.3, 0.4) is 0 Å². The number of nitrogens with one attached hydrogen (secondary N) is 1. The molecule has 0 spiro atoms. The third kappa shape index (κ3) is 4.13. The second kappa shape index (κ2) is 8.16. The van der Waals surface area contributed by atoms with Gasteiger partial charge in [0.25, 0.3) is 0 Å². The van der Waals surface area contributed by atoms with Gasteiger partial charge in [0.2, 0.25) is 17.6 Å². The van der Waals surface area contributed by atoms with Gasteiger partial charge in [0, 0.05) is 16.6 Å². The maximum absolute atomic E-state index is 12.1. The van der Waals surface area contributed by atoms with E-state index >= 15 is 0 Å². The van der Waals surface area contributed by atoms with Gasteiger partial charge in [-0.1, -0.05) is 28.9 Å². The molecule has 0 atom stereocenters. The van der Waals surface area contributed by atoms with Crippen molar-refractivity contribution in [1.29, 1.82) is 0 Å². The number of oxazole rings is 1. The van der Waals surface area contributed by atoms with Crippen LogP contribution in [-0.2, 0) is 17.8 Å². The highest BCUT2D eigenvalue weighted by molar-refractivity contribution is 6.30. The fraction of sp³-hybridized carbons (Fsp3) is 0.238. The standard InChI is InChI=1S/C21H19ClN4O4/c1-12(2)26-16-8-5-14(10-17(16)29-21(26)28)20-24-19(30-25-20)11-23-18(27)9-13-3-6-15(22)7-4-13/h3-8,10,12H,9,11H2,1-2H3,(H,23,27). The van der Waals surface area contributed by atoms with Crippen LogP contribution in [0.15, 0.2) is 56.2 Å². The Morgan fingerprint density at radius 3 is 2.70 bits per heavy atom. The summed E-state index contributed by atoms with van der Waals surface area (Å²) in [4.78, 5) is 28.4. The molecule has 0 aliphatic rings. The third-order valence-electron chi connectivity index (χ3n) is 4.57. The Bertz CT molecular complexity index is 1250. The number of benzene rings is 2. The second-order valence-corrected chi connectivity index (χ2v) is 7.54. The van der Waals surface area contributed by atoms with Gasteiger partial charge >= 0.3 is 5.76 Å². The van der Waals surface area contributed by atoms with E-state index in [1.165, 1.54) is 0 Å². The van der Waals surface area contributed by atoms with Crippen LogP contribution >= 0.6 is 11.6 Å². The van der Waals surface area contributed by atoms with E-state index in [-0.39, 0.29) is 30.8 Å². The number of nitrogens with zero attached hydrogens (tertiary/aromatic N) is 3. The van der Waals surface area contributed by atoms with Crippen molar-refractivity contribution in [2.45, 2.75) is 32.9 Å². The Hall–Kier alpha value is -3.39. The summed E-state index contributed by atoms with van der Waals surface area (Å²) in [5, 5.41) is 7.32. The average molecular weight is 427 g/mol. The number of hydrogen-bond acceptors (Lipinski definition) is 6. The normalized spacial score (nSPS) is 11.3. The van der Waals surface area contributed by atoms with Gasteiger partial charge in [-0.05, 0) is 49.7 Å². The minimum atomic E-state index is -0.408. The van der Waals surface area contributed by atoms with Crippen LogP contribution < -0.4 is 11.1 Å². The predicted molar refractivity (Wildman–Crippen MR) is 111 cm³/mol. The van der Waals surface area contributed by atoms with E-state index in [2.05, 4.69) is 15.5 Å². The van der Waals surface area contributed by atoms with Gasteiger partial charge in [-0.25, -0.2) is 4.79 Å². The molecule has 2 aromatic carbocycles. The fourth-order valence-electron chi connectivity index (χ4n) is 3.13. The highest BCUT2D eigenvalue weighted by atomic mass is 35.5. The minimum absolute atomic E-state index is 0.0159. The summed E-state index contributed by atoms with van der Waals surface area (Å²) in [7, 11) is 0. The number of hydrogen-bond donors (Lipinski definition) is 1. The molecule has 8 nitrogen and oxygen atoms in total. The first-order chi connectivity index (χ1) is 14.4. The van der Waals surface area contributed by atoms with Crippen LogP contribution in [0.2, 0.25) is 5.02 Å². The third-order valence-corrected chi connectivity index (χ3v) is 4.82. The second-order valence-electron chi connectivity index (χ2n) is 7.11. The Balaban J connectivity index is 1.44. The van der Waals surface area contributed by atoms with Gasteiger partial charge in [-0.3, -0.25) is 9.36 Å². The van der Waals surface area contributed by atoms with Gasteiger partial charge in [0.1, 0.15) is 0 Å². The van der Waals surface area contributed by atoms with Crippen LogP contribution in [-0.4, -0.2) is 20.6 Å². The summed E-state index contributed by atoms with van der Waals surface area (Å²) in [6.07, 6.45) is 0.223. The van der Waals surface area contributed by atoms with Crippen LogP contribution in [0, 0.1) is 0 Å². The average Bonchev–Trinajstić information content (AvgIpc) is 3.31. The monoisotopic (exact) mass is 426 g/mol. The summed E-state index contributed by atoms with van der Waals surface area (Å²) >= 11 is 5.85. The van der Waals surface area contributed by atoms with E-state index in [9.17, 15) is 9.59 Å². The van der Waals surface area contributed by atoms with E-state index in [0.29, 0.717) is 27.5 Å². The SMILES string of the molecule is CC(C)n1c(=O)oc2cc(-c3noc(CNC(=O)Cc4ccc(Cl)cc4)n3)ccc21. The van der Waals surface area contributed by atoms with E-state index < -0.39 is 5.76 Å². The van der Waals surface area contributed by atoms with Crippen LogP contribution in [0.4, 0.5) is 0 Å². The first-order valence-electron chi connectivity index (χ1n) is 9.40. The van der Waals surface area contributed by atoms with Crippen molar-refractivity contribution in [1.82, 2.24) is 20.0 Å². The largest absolute Gasteiger partial charge is 0.420 e. The molecule has 0 fully saturated rings. The molecule has 0 aliphatic heterocycles. The molecular formula is C21H19ClN4O4. The topological polar surface area (TPSA) is 103 Å². The number of carbonyl (C=O) groups excluding carboxylic acids is 1. The van der Waals surface area contributed by atoms with E-state index in [4.69, 9.17) is 20.5 Å². The van der Waals surface area contributed by atoms with E-state index in [1.54, 1.807) is 47.0 Å². The molecule has 1 N–H and O–H groups in total.